The number of benzene rings is 1. The Morgan fingerprint density at radius 1 is 1.47 bits per heavy atom. The topological polar surface area (TPSA) is 55.6 Å². The van der Waals surface area contributed by atoms with E-state index in [0.29, 0.717) is 10.0 Å². The Bertz CT molecular complexity index is 505. The van der Waals surface area contributed by atoms with Crippen molar-refractivity contribution in [2.45, 2.75) is 32.4 Å². The summed E-state index contributed by atoms with van der Waals surface area (Å²) in [4.78, 5) is 13.9. The average Bonchev–Trinajstić information content (AvgIpc) is 2.67. The molecule has 1 fully saturated rings. The maximum Gasteiger partial charge on any atom is 0.258 e. The molecule has 4 nitrogen and oxygen atoms in total. The molecule has 1 unspecified atom stereocenters. The van der Waals surface area contributed by atoms with Crippen LogP contribution in [0.15, 0.2) is 16.6 Å². The van der Waals surface area contributed by atoms with Gasteiger partial charge in [-0.1, -0.05) is 0 Å². The maximum absolute atomic E-state index is 13.6. The lowest BCUT2D eigenvalue weighted by Crippen LogP contribution is -2.42. The van der Waals surface area contributed by atoms with Crippen molar-refractivity contribution in [2.75, 3.05) is 12.5 Å². The molecule has 2 rings (SSSR count). The van der Waals surface area contributed by atoms with E-state index >= 15 is 0 Å². The molecule has 1 atom stereocenters. The molecule has 1 heterocycles. The van der Waals surface area contributed by atoms with Crippen molar-refractivity contribution in [3.05, 3.63) is 28.0 Å². The summed E-state index contributed by atoms with van der Waals surface area (Å²) in [5.74, 6) is -0.724. The second-order valence-corrected chi connectivity index (χ2v) is 6.37. The molecule has 0 radical (unpaired) electrons. The number of rotatable bonds is 1. The minimum atomic E-state index is -0.773. The van der Waals surface area contributed by atoms with Gasteiger partial charge in [-0.15, -0.1) is 0 Å². The number of nitrogen functional groups attached to an aromatic ring is 1. The third-order valence-electron chi connectivity index (χ3n) is 3.07. The molecule has 0 spiro atoms. The third kappa shape index (κ3) is 2.60. The van der Waals surface area contributed by atoms with Gasteiger partial charge in [-0.25, -0.2) is 4.39 Å². The number of hydrogen-bond donors (Lipinski definition) is 1. The third-order valence-corrected chi connectivity index (χ3v) is 3.73. The van der Waals surface area contributed by atoms with E-state index in [1.54, 1.807) is 11.0 Å². The van der Waals surface area contributed by atoms with Gasteiger partial charge in [0.2, 0.25) is 0 Å². The van der Waals surface area contributed by atoms with Crippen LogP contribution in [0, 0.1) is 5.82 Å². The van der Waals surface area contributed by atoms with Crippen LogP contribution >= 0.6 is 15.9 Å². The van der Waals surface area contributed by atoms with Gasteiger partial charge in [-0.2, -0.15) is 0 Å². The summed E-state index contributed by atoms with van der Waals surface area (Å²) in [6, 6.07) is 2.86. The summed E-state index contributed by atoms with van der Waals surface area (Å²) in [7, 11) is 0. The van der Waals surface area contributed by atoms with Crippen molar-refractivity contribution in [3.8, 4) is 0 Å². The number of carbonyl (C=O) groups is 1. The Morgan fingerprint density at radius 2 is 2.11 bits per heavy atom. The Kier molecular flexibility index (Phi) is 3.57. The molecule has 0 aromatic heterocycles. The molecule has 1 aromatic carbocycles. The quantitative estimate of drug-likeness (QED) is 0.805. The zero-order valence-electron chi connectivity index (χ0n) is 11.0. The molecule has 2 N–H and O–H groups in total. The lowest BCUT2D eigenvalue weighted by molar-refractivity contribution is -0.133. The fourth-order valence-corrected chi connectivity index (χ4v) is 2.40. The first-order valence-corrected chi connectivity index (χ1v) is 6.68. The first-order chi connectivity index (χ1) is 8.71. The van der Waals surface area contributed by atoms with E-state index in [0.717, 1.165) is 0 Å². The molecule has 104 valence electrons. The van der Waals surface area contributed by atoms with Crippen LogP contribution in [0.2, 0.25) is 0 Å². The van der Waals surface area contributed by atoms with Crippen LogP contribution in [0.1, 0.15) is 32.4 Å². The van der Waals surface area contributed by atoms with E-state index in [1.807, 2.05) is 20.8 Å². The summed E-state index contributed by atoms with van der Waals surface area (Å²) in [5.41, 5.74) is 5.70. The molecule has 1 saturated heterocycles. The van der Waals surface area contributed by atoms with E-state index in [9.17, 15) is 9.18 Å². The van der Waals surface area contributed by atoms with Crippen molar-refractivity contribution in [1.82, 2.24) is 4.90 Å². The van der Waals surface area contributed by atoms with E-state index < -0.39 is 11.9 Å². The van der Waals surface area contributed by atoms with E-state index in [2.05, 4.69) is 15.9 Å². The SMILES string of the molecule is CC(C)(C)N1COC(c2cc(F)c(N)c(Br)c2)C1=O. The Morgan fingerprint density at radius 3 is 2.58 bits per heavy atom. The fourth-order valence-electron chi connectivity index (χ4n) is 1.94. The zero-order valence-corrected chi connectivity index (χ0v) is 12.6. The van der Waals surface area contributed by atoms with Gasteiger partial charge in [-0.05, 0) is 54.4 Å². The first kappa shape index (κ1) is 14.3. The van der Waals surface area contributed by atoms with Gasteiger partial charge in [0.25, 0.3) is 5.91 Å². The lowest BCUT2D eigenvalue weighted by Gasteiger charge is -2.30. The largest absolute Gasteiger partial charge is 0.395 e. The number of halogens is 2. The predicted molar refractivity (Wildman–Crippen MR) is 73.8 cm³/mol. The predicted octanol–water partition coefficient (Wildman–Crippen LogP) is 2.83. The maximum atomic E-state index is 13.6. The number of nitrogens with zero attached hydrogens (tertiary/aromatic N) is 1. The standard InChI is InChI=1S/C13H16BrFN2O2/c1-13(2,3)17-6-19-11(12(17)18)7-4-8(14)10(16)9(15)5-7/h4-5,11H,6,16H2,1-3H3. The number of anilines is 1. The van der Waals surface area contributed by atoms with Crippen molar-refractivity contribution in [2.24, 2.45) is 0 Å². The molecular formula is C13H16BrFN2O2. The smallest absolute Gasteiger partial charge is 0.258 e. The van der Waals surface area contributed by atoms with Gasteiger partial charge in [0.15, 0.2) is 6.10 Å². The molecular weight excluding hydrogens is 315 g/mol. The monoisotopic (exact) mass is 330 g/mol. The van der Waals surface area contributed by atoms with Gasteiger partial charge < -0.3 is 15.4 Å². The van der Waals surface area contributed by atoms with Crippen molar-refractivity contribution >= 4 is 27.5 Å². The van der Waals surface area contributed by atoms with Crippen molar-refractivity contribution in [1.29, 1.82) is 0 Å². The highest BCUT2D eigenvalue weighted by Crippen LogP contribution is 2.34. The molecule has 19 heavy (non-hydrogen) atoms. The highest BCUT2D eigenvalue weighted by molar-refractivity contribution is 9.10. The molecule has 0 aliphatic carbocycles. The van der Waals surface area contributed by atoms with Crippen LogP contribution in [-0.4, -0.2) is 23.1 Å². The van der Waals surface area contributed by atoms with Crippen LogP contribution in [0.5, 0.6) is 0 Å². The van der Waals surface area contributed by atoms with Crippen LogP contribution in [0.3, 0.4) is 0 Å². The molecule has 0 saturated carbocycles. The van der Waals surface area contributed by atoms with E-state index in [-0.39, 0.29) is 23.9 Å². The average molecular weight is 331 g/mol. The van der Waals surface area contributed by atoms with Gasteiger partial charge in [0, 0.05) is 10.0 Å². The van der Waals surface area contributed by atoms with Gasteiger partial charge in [-0.3, -0.25) is 4.79 Å². The van der Waals surface area contributed by atoms with Crippen LogP contribution in [-0.2, 0) is 9.53 Å². The number of amides is 1. The molecule has 6 heteroatoms. The van der Waals surface area contributed by atoms with Gasteiger partial charge in [0.05, 0.1) is 5.69 Å². The van der Waals surface area contributed by atoms with Gasteiger partial charge >= 0.3 is 0 Å². The second-order valence-electron chi connectivity index (χ2n) is 5.51. The number of nitrogens with two attached hydrogens (primary N) is 1. The Balaban J connectivity index is 2.33. The van der Waals surface area contributed by atoms with Crippen LogP contribution in [0.4, 0.5) is 10.1 Å². The summed E-state index contributed by atoms with van der Waals surface area (Å²) in [5, 5.41) is 0. The number of ether oxygens (including phenoxy) is 1. The normalized spacial score (nSPS) is 20.2. The number of carbonyl (C=O) groups excluding carboxylic acids is 1. The molecule has 1 aliphatic rings. The summed E-state index contributed by atoms with van der Waals surface area (Å²) < 4.78 is 19.5. The highest BCUT2D eigenvalue weighted by atomic mass is 79.9. The minimum absolute atomic E-state index is 0.0295. The molecule has 1 aliphatic heterocycles. The summed E-state index contributed by atoms with van der Waals surface area (Å²) in [6.07, 6.45) is -0.773. The molecule has 0 bridgehead atoms. The van der Waals surface area contributed by atoms with Crippen molar-refractivity contribution < 1.29 is 13.9 Å². The van der Waals surface area contributed by atoms with E-state index in [4.69, 9.17) is 10.5 Å². The van der Waals surface area contributed by atoms with Crippen molar-refractivity contribution in [3.63, 3.8) is 0 Å². The summed E-state index contributed by atoms with van der Waals surface area (Å²) in [6.45, 7) is 5.99. The molecule has 1 amide bonds. The van der Waals surface area contributed by atoms with Crippen LogP contribution in [0.25, 0.3) is 0 Å². The number of hydrogen-bond acceptors (Lipinski definition) is 3. The molecule has 1 aromatic rings. The Hall–Kier alpha value is -1.14. The fraction of sp³-hybridized carbons (Fsp3) is 0.462. The van der Waals surface area contributed by atoms with E-state index in [1.165, 1.54) is 6.07 Å². The highest BCUT2D eigenvalue weighted by Gasteiger charge is 2.39. The minimum Gasteiger partial charge on any atom is -0.395 e. The Labute approximate surface area is 119 Å². The lowest BCUT2D eigenvalue weighted by atomic mass is 10.0. The zero-order chi connectivity index (χ0) is 14.4. The van der Waals surface area contributed by atoms with Crippen LogP contribution < -0.4 is 5.73 Å². The summed E-state index contributed by atoms with van der Waals surface area (Å²) >= 11 is 3.17. The first-order valence-electron chi connectivity index (χ1n) is 5.89. The second kappa shape index (κ2) is 4.76. The van der Waals surface area contributed by atoms with Gasteiger partial charge in [0.1, 0.15) is 12.5 Å².